The SMILES string of the molecule is CC(C)CCCCNC(=O)c1ccnc(F)c1F. The van der Waals surface area contributed by atoms with Crippen molar-refractivity contribution in [2.45, 2.75) is 33.1 Å². The number of amides is 1. The fraction of sp³-hybridized carbons (Fsp3) is 0.538. The van der Waals surface area contributed by atoms with Crippen molar-refractivity contribution in [3.8, 4) is 0 Å². The van der Waals surface area contributed by atoms with E-state index < -0.39 is 17.7 Å². The van der Waals surface area contributed by atoms with Gasteiger partial charge in [0.25, 0.3) is 5.91 Å². The van der Waals surface area contributed by atoms with Crippen LogP contribution in [0, 0.1) is 17.7 Å². The zero-order chi connectivity index (χ0) is 13.5. The Morgan fingerprint density at radius 2 is 2.11 bits per heavy atom. The molecule has 0 aromatic carbocycles. The first-order valence-corrected chi connectivity index (χ1v) is 6.10. The summed E-state index contributed by atoms with van der Waals surface area (Å²) in [6, 6.07) is 1.17. The Labute approximate surface area is 106 Å². The average molecular weight is 256 g/mol. The zero-order valence-electron chi connectivity index (χ0n) is 10.7. The van der Waals surface area contributed by atoms with Crippen LogP contribution in [-0.4, -0.2) is 17.4 Å². The lowest BCUT2D eigenvalue weighted by Gasteiger charge is -2.07. The van der Waals surface area contributed by atoms with E-state index in [-0.39, 0.29) is 5.56 Å². The molecule has 0 radical (unpaired) electrons. The maximum Gasteiger partial charge on any atom is 0.254 e. The quantitative estimate of drug-likeness (QED) is 0.628. The molecule has 1 aromatic rings. The van der Waals surface area contributed by atoms with Gasteiger partial charge < -0.3 is 5.32 Å². The van der Waals surface area contributed by atoms with Crippen molar-refractivity contribution in [2.75, 3.05) is 6.54 Å². The molecule has 0 bridgehead atoms. The van der Waals surface area contributed by atoms with E-state index in [4.69, 9.17) is 0 Å². The third-order valence-electron chi connectivity index (χ3n) is 2.59. The van der Waals surface area contributed by atoms with Crippen molar-refractivity contribution < 1.29 is 13.6 Å². The van der Waals surface area contributed by atoms with Crippen molar-refractivity contribution in [1.82, 2.24) is 10.3 Å². The highest BCUT2D eigenvalue weighted by atomic mass is 19.2. The van der Waals surface area contributed by atoms with E-state index in [2.05, 4.69) is 24.1 Å². The van der Waals surface area contributed by atoms with Crippen molar-refractivity contribution in [3.05, 3.63) is 29.6 Å². The number of carbonyl (C=O) groups excluding carboxylic acids is 1. The smallest absolute Gasteiger partial charge is 0.254 e. The summed E-state index contributed by atoms with van der Waals surface area (Å²) in [4.78, 5) is 14.7. The first-order chi connectivity index (χ1) is 8.52. The standard InChI is InChI=1S/C13H18F2N2O/c1-9(2)5-3-4-7-17-13(18)10-6-8-16-12(15)11(10)14/h6,8-9H,3-5,7H2,1-2H3,(H,17,18). The number of halogens is 2. The highest BCUT2D eigenvalue weighted by Gasteiger charge is 2.15. The van der Waals surface area contributed by atoms with Gasteiger partial charge in [-0.15, -0.1) is 0 Å². The molecule has 0 aliphatic carbocycles. The van der Waals surface area contributed by atoms with Crippen molar-refractivity contribution in [1.29, 1.82) is 0 Å². The van der Waals surface area contributed by atoms with Crippen LogP contribution in [0.1, 0.15) is 43.5 Å². The van der Waals surface area contributed by atoms with Crippen LogP contribution in [0.4, 0.5) is 8.78 Å². The lowest BCUT2D eigenvalue weighted by Crippen LogP contribution is -2.26. The molecule has 0 atom stereocenters. The van der Waals surface area contributed by atoms with Gasteiger partial charge in [0.2, 0.25) is 5.95 Å². The van der Waals surface area contributed by atoms with Gasteiger partial charge in [0.1, 0.15) is 0 Å². The largest absolute Gasteiger partial charge is 0.352 e. The van der Waals surface area contributed by atoms with E-state index in [1.807, 2.05) is 0 Å². The number of aromatic nitrogens is 1. The van der Waals surface area contributed by atoms with Crippen LogP contribution in [0.3, 0.4) is 0 Å². The number of nitrogens with one attached hydrogen (secondary N) is 1. The van der Waals surface area contributed by atoms with E-state index in [0.29, 0.717) is 12.5 Å². The van der Waals surface area contributed by atoms with Gasteiger partial charge in [-0.25, -0.2) is 9.37 Å². The summed E-state index contributed by atoms with van der Waals surface area (Å²) in [6.07, 6.45) is 4.00. The van der Waals surface area contributed by atoms with Crippen LogP contribution in [0.25, 0.3) is 0 Å². The third kappa shape index (κ3) is 4.39. The Kier molecular flexibility index (Phi) is 5.68. The molecule has 0 aliphatic heterocycles. The highest BCUT2D eigenvalue weighted by molar-refractivity contribution is 5.94. The second kappa shape index (κ2) is 7.03. The monoisotopic (exact) mass is 256 g/mol. The zero-order valence-corrected chi connectivity index (χ0v) is 10.7. The van der Waals surface area contributed by atoms with E-state index in [9.17, 15) is 13.6 Å². The fourth-order valence-electron chi connectivity index (χ4n) is 1.57. The average Bonchev–Trinajstić information content (AvgIpc) is 2.31. The predicted molar refractivity (Wildman–Crippen MR) is 65.2 cm³/mol. The third-order valence-corrected chi connectivity index (χ3v) is 2.59. The summed E-state index contributed by atoms with van der Waals surface area (Å²) < 4.78 is 26.0. The highest BCUT2D eigenvalue weighted by Crippen LogP contribution is 2.09. The first kappa shape index (κ1) is 14.5. The van der Waals surface area contributed by atoms with Crippen LogP contribution in [0.2, 0.25) is 0 Å². The lowest BCUT2D eigenvalue weighted by atomic mass is 10.1. The summed E-state index contributed by atoms with van der Waals surface area (Å²) in [5, 5.41) is 2.57. The van der Waals surface area contributed by atoms with Crippen LogP contribution in [0.5, 0.6) is 0 Å². The normalized spacial score (nSPS) is 10.7. The molecular weight excluding hydrogens is 238 g/mol. The maximum atomic E-state index is 13.2. The van der Waals surface area contributed by atoms with Crippen molar-refractivity contribution in [3.63, 3.8) is 0 Å². The molecule has 1 amide bonds. The minimum atomic E-state index is -1.25. The molecule has 18 heavy (non-hydrogen) atoms. The number of hydrogen-bond acceptors (Lipinski definition) is 2. The molecule has 0 fully saturated rings. The first-order valence-electron chi connectivity index (χ1n) is 6.10. The molecule has 100 valence electrons. The number of unbranched alkanes of at least 4 members (excludes halogenated alkanes) is 1. The van der Waals surface area contributed by atoms with Crippen molar-refractivity contribution in [2.24, 2.45) is 5.92 Å². The van der Waals surface area contributed by atoms with Gasteiger partial charge in [0, 0.05) is 12.7 Å². The minimum Gasteiger partial charge on any atom is -0.352 e. The van der Waals surface area contributed by atoms with Crippen LogP contribution >= 0.6 is 0 Å². The summed E-state index contributed by atoms with van der Waals surface area (Å²) >= 11 is 0. The summed E-state index contributed by atoms with van der Waals surface area (Å²) in [6.45, 7) is 4.73. The number of nitrogens with zero attached hydrogens (tertiary/aromatic N) is 1. The summed E-state index contributed by atoms with van der Waals surface area (Å²) in [5.74, 6) is -2.41. The molecular formula is C13H18F2N2O. The lowest BCUT2D eigenvalue weighted by molar-refractivity contribution is 0.0947. The summed E-state index contributed by atoms with van der Waals surface area (Å²) in [7, 11) is 0. The van der Waals surface area contributed by atoms with Gasteiger partial charge in [-0.3, -0.25) is 4.79 Å². The summed E-state index contributed by atoms with van der Waals surface area (Å²) in [5.41, 5.74) is -0.300. The van der Waals surface area contributed by atoms with Crippen LogP contribution in [0.15, 0.2) is 12.3 Å². The van der Waals surface area contributed by atoms with Gasteiger partial charge >= 0.3 is 0 Å². The molecule has 0 unspecified atom stereocenters. The minimum absolute atomic E-state index is 0.300. The van der Waals surface area contributed by atoms with E-state index in [0.717, 1.165) is 25.5 Å². The molecule has 5 heteroatoms. The molecule has 3 nitrogen and oxygen atoms in total. The number of hydrogen-bond donors (Lipinski definition) is 1. The molecule has 0 saturated heterocycles. The second-order valence-electron chi connectivity index (χ2n) is 4.61. The molecule has 1 heterocycles. The number of carbonyl (C=O) groups is 1. The maximum absolute atomic E-state index is 13.2. The van der Waals surface area contributed by atoms with Crippen LogP contribution < -0.4 is 5.32 Å². The molecule has 1 aromatic heterocycles. The van der Waals surface area contributed by atoms with Gasteiger partial charge in [-0.2, -0.15) is 4.39 Å². The molecule has 1 N–H and O–H groups in total. The molecule has 0 saturated carbocycles. The topological polar surface area (TPSA) is 42.0 Å². The van der Waals surface area contributed by atoms with Gasteiger partial charge in [0.15, 0.2) is 5.82 Å². The number of pyridine rings is 1. The molecule has 1 rings (SSSR count). The van der Waals surface area contributed by atoms with E-state index in [1.165, 1.54) is 6.07 Å². The Bertz CT molecular complexity index is 408. The molecule has 0 aliphatic rings. The number of rotatable bonds is 6. The van der Waals surface area contributed by atoms with E-state index >= 15 is 0 Å². The fourth-order valence-corrected chi connectivity index (χ4v) is 1.57. The van der Waals surface area contributed by atoms with Crippen LogP contribution in [-0.2, 0) is 0 Å². The predicted octanol–water partition coefficient (Wildman–Crippen LogP) is 2.92. The van der Waals surface area contributed by atoms with Crippen molar-refractivity contribution >= 4 is 5.91 Å². The van der Waals surface area contributed by atoms with E-state index in [1.54, 1.807) is 0 Å². The Morgan fingerprint density at radius 3 is 2.78 bits per heavy atom. The Morgan fingerprint density at radius 1 is 1.39 bits per heavy atom. The van der Waals surface area contributed by atoms with Gasteiger partial charge in [-0.1, -0.05) is 26.7 Å². The van der Waals surface area contributed by atoms with Gasteiger partial charge in [0.05, 0.1) is 5.56 Å². The molecule has 0 spiro atoms. The Hall–Kier alpha value is -1.52. The van der Waals surface area contributed by atoms with Gasteiger partial charge in [-0.05, 0) is 18.4 Å². The second-order valence-corrected chi connectivity index (χ2v) is 4.61. The Balaban J connectivity index is 2.39.